The number of rotatable bonds is 5. The summed E-state index contributed by atoms with van der Waals surface area (Å²) in [5.74, 6) is -0.889. The summed E-state index contributed by atoms with van der Waals surface area (Å²) in [6.07, 6.45) is -0.511. The van der Waals surface area contributed by atoms with Crippen LogP contribution in [-0.4, -0.2) is 16.2 Å². The average molecular weight is 256 g/mol. The topological polar surface area (TPSA) is 57.5 Å². The van der Waals surface area contributed by atoms with E-state index in [4.69, 9.17) is 5.11 Å². The summed E-state index contributed by atoms with van der Waals surface area (Å²) in [5.41, 5.74) is 2.95. The van der Waals surface area contributed by atoms with Gasteiger partial charge in [-0.2, -0.15) is 0 Å². The van der Waals surface area contributed by atoms with Crippen molar-refractivity contribution in [3.63, 3.8) is 0 Å². The first kappa shape index (κ1) is 13.3. The monoisotopic (exact) mass is 256 g/mol. The maximum atomic E-state index is 10.5. The van der Waals surface area contributed by atoms with E-state index in [9.17, 15) is 9.90 Å². The van der Waals surface area contributed by atoms with Gasteiger partial charge < -0.3 is 10.2 Å². The molecular weight excluding hydrogens is 240 g/mol. The van der Waals surface area contributed by atoms with Crippen LogP contribution >= 0.6 is 0 Å². The summed E-state index contributed by atoms with van der Waals surface area (Å²) >= 11 is 0. The Balaban J connectivity index is 2.08. The van der Waals surface area contributed by atoms with Crippen LogP contribution in [0.5, 0.6) is 0 Å². The van der Waals surface area contributed by atoms with E-state index in [1.807, 2.05) is 54.6 Å². The number of carboxylic acids is 1. The molecule has 3 nitrogen and oxygen atoms in total. The second-order valence-corrected chi connectivity index (χ2v) is 4.44. The molecule has 0 spiro atoms. The number of aliphatic hydroxyl groups excluding tert-OH is 1. The molecule has 0 bridgehead atoms. The van der Waals surface area contributed by atoms with Gasteiger partial charge in [-0.25, -0.2) is 0 Å². The summed E-state index contributed by atoms with van der Waals surface area (Å²) < 4.78 is 0. The van der Waals surface area contributed by atoms with Crippen LogP contribution in [0.3, 0.4) is 0 Å². The molecule has 0 heterocycles. The number of aliphatic carboxylic acids is 1. The molecule has 2 N–H and O–H groups in total. The van der Waals surface area contributed by atoms with Gasteiger partial charge in [0.25, 0.3) is 0 Å². The van der Waals surface area contributed by atoms with Crippen molar-refractivity contribution in [3.05, 3.63) is 60.2 Å². The standard InChI is InChI=1S/C16H16O3/c17-15(10-11-16(18)19)14-8-6-13(7-9-14)12-4-2-1-3-5-12/h1-9,15,17H,10-11H2,(H,18,19)/t15-/m1/s1. The summed E-state index contributed by atoms with van der Waals surface area (Å²) in [4.78, 5) is 10.5. The van der Waals surface area contributed by atoms with E-state index in [0.717, 1.165) is 16.7 Å². The zero-order chi connectivity index (χ0) is 13.7. The van der Waals surface area contributed by atoms with E-state index >= 15 is 0 Å². The number of carboxylic acid groups (broad SMARTS) is 1. The molecule has 0 aliphatic carbocycles. The molecule has 0 amide bonds. The van der Waals surface area contributed by atoms with E-state index in [1.54, 1.807) is 0 Å². The zero-order valence-corrected chi connectivity index (χ0v) is 10.5. The van der Waals surface area contributed by atoms with Gasteiger partial charge in [-0.3, -0.25) is 4.79 Å². The fourth-order valence-corrected chi connectivity index (χ4v) is 1.96. The van der Waals surface area contributed by atoms with Gasteiger partial charge in [0.15, 0.2) is 0 Å². The molecule has 2 rings (SSSR count). The van der Waals surface area contributed by atoms with Crippen LogP contribution in [-0.2, 0) is 4.79 Å². The lowest BCUT2D eigenvalue weighted by atomic mass is 10.00. The Morgan fingerprint density at radius 3 is 2.11 bits per heavy atom. The van der Waals surface area contributed by atoms with Crippen molar-refractivity contribution in [2.45, 2.75) is 18.9 Å². The number of hydrogen-bond donors (Lipinski definition) is 2. The van der Waals surface area contributed by atoms with Crippen molar-refractivity contribution in [2.24, 2.45) is 0 Å². The molecule has 3 heteroatoms. The van der Waals surface area contributed by atoms with Gasteiger partial charge >= 0.3 is 5.97 Å². The smallest absolute Gasteiger partial charge is 0.303 e. The van der Waals surface area contributed by atoms with E-state index < -0.39 is 12.1 Å². The summed E-state index contributed by atoms with van der Waals surface area (Å²) in [5, 5.41) is 18.5. The van der Waals surface area contributed by atoms with Crippen LogP contribution in [0, 0.1) is 0 Å². The first-order valence-electron chi connectivity index (χ1n) is 6.22. The van der Waals surface area contributed by atoms with Crippen molar-refractivity contribution >= 4 is 5.97 Å². The van der Waals surface area contributed by atoms with Crippen LogP contribution < -0.4 is 0 Å². The van der Waals surface area contributed by atoms with Gasteiger partial charge in [0.1, 0.15) is 0 Å². The molecular formula is C16H16O3. The third kappa shape index (κ3) is 3.66. The molecule has 0 unspecified atom stereocenters. The number of benzene rings is 2. The van der Waals surface area contributed by atoms with Gasteiger partial charge in [0.2, 0.25) is 0 Å². The van der Waals surface area contributed by atoms with E-state index in [-0.39, 0.29) is 12.8 Å². The SMILES string of the molecule is O=C(O)CC[C@@H](O)c1ccc(-c2ccccc2)cc1. The number of hydrogen-bond acceptors (Lipinski definition) is 2. The fraction of sp³-hybridized carbons (Fsp3) is 0.188. The van der Waals surface area contributed by atoms with Gasteiger partial charge in [0.05, 0.1) is 6.10 Å². The molecule has 2 aromatic carbocycles. The van der Waals surface area contributed by atoms with Crippen molar-refractivity contribution < 1.29 is 15.0 Å². The van der Waals surface area contributed by atoms with Crippen molar-refractivity contribution in [1.82, 2.24) is 0 Å². The molecule has 0 fully saturated rings. The molecule has 0 aromatic heterocycles. The molecule has 2 aromatic rings. The Morgan fingerprint density at radius 1 is 0.947 bits per heavy atom. The minimum absolute atomic E-state index is 0.0262. The van der Waals surface area contributed by atoms with Crippen LogP contribution in [0.4, 0.5) is 0 Å². The molecule has 0 aliphatic heterocycles. The van der Waals surface area contributed by atoms with Gasteiger partial charge in [-0.05, 0) is 23.1 Å². The molecule has 98 valence electrons. The first-order valence-corrected chi connectivity index (χ1v) is 6.22. The molecule has 0 saturated heterocycles. The maximum absolute atomic E-state index is 10.5. The second-order valence-electron chi connectivity index (χ2n) is 4.44. The lowest BCUT2D eigenvalue weighted by Crippen LogP contribution is -2.02. The first-order chi connectivity index (χ1) is 9.16. The highest BCUT2D eigenvalue weighted by molar-refractivity contribution is 5.66. The summed E-state index contributed by atoms with van der Waals surface area (Å²) in [6, 6.07) is 17.5. The third-order valence-corrected chi connectivity index (χ3v) is 3.03. The minimum atomic E-state index is -0.889. The Labute approximate surface area is 112 Å². The predicted molar refractivity (Wildman–Crippen MR) is 73.7 cm³/mol. The Hall–Kier alpha value is -2.13. The summed E-state index contributed by atoms with van der Waals surface area (Å²) in [6.45, 7) is 0. The van der Waals surface area contributed by atoms with Crippen LogP contribution in [0.1, 0.15) is 24.5 Å². The molecule has 1 atom stereocenters. The van der Waals surface area contributed by atoms with Crippen LogP contribution in [0.25, 0.3) is 11.1 Å². The largest absolute Gasteiger partial charge is 0.481 e. The number of aliphatic hydroxyl groups is 1. The summed E-state index contributed by atoms with van der Waals surface area (Å²) in [7, 11) is 0. The highest BCUT2D eigenvalue weighted by Gasteiger charge is 2.09. The van der Waals surface area contributed by atoms with Crippen molar-refractivity contribution in [1.29, 1.82) is 0 Å². The van der Waals surface area contributed by atoms with Gasteiger partial charge in [-0.15, -0.1) is 0 Å². The Bertz CT molecular complexity index is 532. The average Bonchev–Trinajstić information content (AvgIpc) is 2.46. The van der Waals surface area contributed by atoms with Crippen molar-refractivity contribution in [2.75, 3.05) is 0 Å². The minimum Gasteiger partial charge on any atom is -0.481 e. The van der Waals surface area contributed by atoms with E-state index in [2.05, 4.69) is 0 Å². The normalized spacial score (nSPS) is 12.1. The second kappa shape index (κ2) is 6.16. The highest BCUT2D eigenvalue weighted by atomic mass is 16.4. The zero-order valence-electron chi connectivity index (χ0n) is 10.5. The highest BCUT2D eigenvalue weighted by Crippen LogP contribution is 2.23. The molecule has 0 radical (unpaired) electrons. The fourth-order valence-electron chi connectivity index (χ4n) is 1.96. The van der Waals surface area contributed by atoms with E-state index in [1.165, 1.54) is 0 Å². The van der Waals surface area contributed by atoms with Crippen LogP contribution in [0.15, 0.2) is 54.6 Å². The third-order valence-electron chi connectivity index (χ3n) is 3.03. The maximum Gasteiger partial charge on any atom is 0.303 e. The Morgan fingerprint density at radius 2 is 1.53 bits per heavy atom. The molecule has 0 saturated carbocycles. The predicted octanol–water partition coefficient (Wildman–Crippen LogP) is 3.25. The van der Waals surface area contributed by atoms with Gasteiger partial charge in [0, 0.05) is 6.42 Å². The quantitative estimate of drug-likeness (QED) is 0.863. The molecule has 0 aliphatic rings. The lowest BCUT2D eigenvalue weighted by Gasteiger charge is -2.10. The Kier molecular flexibility index (Phi) is 4.31. The number of carbonyl (C=O) groups is 1. The molecule has 19 heavy (non-hydrogen) atoms. The van der Waals surface area contributed by atoms with Gasteiger partial charge in [-0.1, -0.05) is 54.6 Å². The van der Waals surface area contributed by atoms with Crippen LogP contribution in [0.2, 0.25) is 0 Å². The lowest BCUT2D eigenvalue weighted by molar-refractivity contribution is -0.137. The van der Waals surface area contributed by atoms with E-state index in [0.29, 0.717) is 0 Å². The van der Waals surface area contributed by atoms with Crippen molar-refractivity contribution in [3.8, 4) is 11.1 Å².